The highest BCUT2D eigenvalue weighted by Gasteiger charge is 2.26. The summed E-state index contributed by atoms with van der Waals surface area (Å²) in [5.74, 6) is 0.0586. The van der Waals surface area contributed by atoms with Gasteiger partial charge >= 0.3 is 0 Å². The molecular formula is C11H19ClN4O. The van der Waals surface area contributed by atoms with E-state index in [0.29, 0.717) is 12.1 Å². The predicted molar refractivity (Wildman–Crippen MR) is 68.2 cm³/mol. The van der Waals surface area contributed by atoms with Crippen molar-refractivity contribution in [2.24, 2.45) is 12.8 Å². The molecule has 1 aliphatic heterocycles. The molecule has 1 fully saturated rings. The molecule has 1 aliphatic rings. The minimum Gasteiger partial charge on any atom is -0.334 e. The lowest BCUT2D eigenvalue weighted by atomic mass is 10.0. The normalized spacial score (nSPS) is 19.9. The van der Waals surface area contributed by atoms with E-state index in [1.54, 1.807) is 17.1 Å². The fourth-order valence-corrected chi connectivity index (χ4v) is 2.21. The van der Waals surface area contributed by atoms with Crippen molar-refractivity contribution >= 4 is 18.3 Å². The van der Waals surface area contributed by atoms with Gasteiger partial charge in [-0.05, 0) is 19.3 Å². The van der Waals surface area contributed by atoms with E-state index in [-0.39, 0.29) is 24.4 Å². The number of aromatic nitrogens is 2. The van der Waals surface area contributed by atoms with Gasteiger partial charge in [-0.25, -0.2) is 0 Å². The lowest BCUT2D eigenvalue weighted by Gasteiger charge is -2.34. The van der Waals surface area contributed by atoms with Crippen LogP contribution in [0, 0.1) is 0 Å². The third-order valence-corrected chi connectivity index (χ3v) is 3.11. The van der Waals surface area contributed by atoms with Gasteiger partial charge in [-0.1, -0.05) is 0 Å². The number of likely N-dealkylation sites (tertiary alicyclic amines) is 1. The first-order chi connectivity index (χ1) is 7.72. The first-order valence-electron chi connectivity index (χ1n) is 5.72. The summed E-state index contributed by atoms with van der Waals surface area (Å²) in [5.41, 5.74) is 6.36. The Morgan fingerprint density at radius 3 is 2.94 bits per heavy atom. The van der Waals surface area contributed by atoms with Crippen molar-refractivity contribution in [3.8, 4) is 0 Å². The van der Waals surface area contributed by atoms with Crippen LogP contribution < -0.4 is 5.73 Å². The number of nitrogens with two attached hydrogens (primary N) is 1. The zero-order valence-electron chi connectivity index (χ0n) is 10.0. The Hall–Kier alpha value is -1.07. The van der Waals surface area contributed by atoms with E-state index in [2.05, 4.69) is 5.10 Å². The molecule has 1 atom stereocenters. The summed E-state index contributed by atoms with van der Waals surface area (Å²) in [6.07, 6.45) is 6.62. The van der Waals surface area contributed by atoms with Gasteiger partial charge in [-0.2, -0.15) is 5.10 Å². The van der Waals surface area contributed by atoms with E-state index in [1.807, 2.05) is 11.9 Å². The summed E-state index contributed by atoms with van der Waals surface area (Å²) in [4.78, 5) is 14.1. The molecule has 17 heavy (non-hydrogen) atoms. The molecule has 1 aromatic heterocycles. The zero-order chi connectivity index (χ0) is 11.5. The molecule has 6 heteroatoms. The van der Waals surface area contributed by atoms with Gasteiger partial charge in [0.25, 0.3) is 5.91 Å². The van der Waals surface area contributed by atoms with Crippen LogP contribution in [0.3, 0.4) is 0 Å². The number of carbonyl (C=O) groups excluding carboxylic acids is 1. The number of rotatable bonds is 2. The van der Waals surface area contributed by atoms with Crippen LogP contribution in [0.15, 0.2) is 12.4 Å². The largest absolute Gasteiger partial charge is 0.334 e. The number of hydrogen-bond donors (Lipinski definition) is 1. The van der Waals surface area contributed by atoms with Crippen LogP contribution in [0.5, 0.6) is 0 Å². The van der Waals surface area contributed by atoms with E-state index in [9.17, 15) is 4.79 Å². The first kappa shape index (κ1) is 14.0. The lowest BCUT2D eigenvalue weighted by molar-refractivity contribution is 0.0623. The molecule has 0 saturated carbocycles. The molecule has 0 aromatic carbocycles. The van der Waals surface area contributed by atoms with E-state index < -0.39 is 0 Å². The highest BCUT2D eigenvalue weighted by atomic mass is 35.5. The lowest BCUT2D eigenvalue weighted by Crippen LogP contribution is -2.47. The minimum absolute atomic E-state index is 0. The van der Waals surface area contributed by atoms with Crippen molar-refractivity contribution in [3.63, 3.8) is 0 Å². The van der Waals surface area contributed by atoms with Crippen LogP contribution in [0.2, 0.25) is 0 Å². The van der Waals surface area contributed by atoms with Gasteiger partial charge < -0.3 is 10.6 Å². The zero-order valence-corrected chi connectivity index (χ0v) is 10.8. The molecule has 96 valence electrons. The molecule has 0 aliphatic carbocycles. The van der Waals surface area contributed by atoms with Gasteiger partial charge in [0, 0.05) is 32.4 Å². The second kappa shape index (κ2) is 6.02. The molecule has 1 unspecified atom stereocenters. The van der Waals surface area contributed by atoms with Crippen molar-refractivity contribution in [2.75, 3.05) is 13.1 Å². The van der Waals surface area contributed by atoms with E-state index in [0.717, 1.165) is 19.4 Å². The van der Waals surface area contributed by atoms with Gasteiger partial charge in [-0.15, -0.1) is 12.4 Å². The molecule has 1 saturated heterocycles. The number of halogens is 1. The number of hydrogen-bond acceptors (Lipinski definition) is 3. The number of carbonyl (C=O) groups is 1. The Labute approximate surface area is 107 Å². The molecule has 0 radical (unpaired) electrons. The maximum atomic E-state index is 12.2. The molecule has 2 rings (SSSR count). The summed E-state index contributed by atoms with van der Waals surface area (Å²) in [5, 5.41) is 4.02. The highest BCUT2D eigenvalue weighted by Crippen LogP contribution is 2.18. The molecule has 5 nitrogen and oxygen atoms in total. The third-order valence-electron chi connectivity index (χ3n) is 3.11. The molecule has 2 heterocycles. The topological polar surface area (TPSA) is 64.2 Å². The summed E-state index contributed by atoms with van der Waals surface area (Å²) < 4.78 is 1.65. The predicted octanol–water partition coefficient (Wildman–Crippen LogP) is 0.795. The van der Waals surface area contributed by atoms with Crippen LogP contribution in [-0.4, -0.2) is 39.7 Å². The molecule has 0 spiro atoms. The van der Waals surface area contributed by atoms with E-state index >= 15 is 0 Å². The quantitative estimate of drug-likeness (QED) is 0.853. The second-order valence-corrected chi connectivity index (χ2v) is 4.29. The van der Waals surface area contributed by atoms with E-state index in [4.69, 9.17) is 5.73 Å². The fourth-order valence-electron chi connectivity index (χ4n) is 2.21. The van der Waals surface area contributed by atoms with Crippen molar-refractivity contribution in [3.05, 3.63) is 18.0 Å². The third kappa shape index (κ3) is 2.98. The molecule has 0 bridgehead atoms. The minimum atomic E-state index is 0. The van der Waals surface area contributed by atoms with Gasteiger partial charge in [0.1, 0.15) is 0 Å². The fraction of sp³-hybridized carbons (Fsp3) is 0.636. The van der Waals surface area contributed by atoms with Gasteiger partial charge in [-0.3, -0.25) is 9.48 Å². The van der Waals surface area contributed by atoms with Crippen molar-refractivity contribution in [2.45, 2.75) is 25.3 Å². The van der Waals surface area contributed by atoms with E-state index in [1.165, 1.54) is 6.42 Å². The van der Waals surface area contributed by atoms with Crippen molar-refractivity contribution in [1.29, 1.82) is 0 Å². The van der Waals surface area contributed by atoms with Crippen LogP contribution in [0.25, 0.3) is 0 Å². The van der Waals surface area contributed by atoms with Gasteiger partial charge in [0.15, 0.2) is 0 Å². The Morgan fingerprint density at radius 1 is 1.59 bits per heavy atom. The summed E-state index contributed by atoms with van der Waals surface area (Å²) >= 11 is 0. The number of piperidine rings is 1. The number of nitrogens with zero attached hydrogens (tertiary/aromatic N) is 3. The summed E-state index contributed by atoms with van der Waals surface area (Å²) in [7, 11) is 1.81. The maximum absolute atomic E-state index is 12.2. The molecular weight excluding hydrogens is 240 g/mol. The Balaban J connectivity index is 0.00000144. The number of aryl methyl sites for hydroxylation is 1. The standard InChI is InChI=1S/C11H18N4O.ClH/c1-14-8-9(7-13-14)11(16)15-5-3-2-4-10(15)6-12;/h7-8,10H,2-6,12H2,1H3;1H. The molecule has 1 aromatic rings. The van der Waals surface area contributed by atoms with Crippen LogP contribution in [-0.2, 0) is 7.05 Å². The average molecular weight is 259 g/mol. The second-order valence-electron chi connectivity index (χ2n) is 4.29. The van der Waals surface area contributed by atoms with Crippen molar-refractivity contribution < 1.29 is 4.79 Å². The molecule has 1 amide bonds. The highest BCUT2D eigenvalue weighted by molar-refractivity contribution is 5.94. The SMILES string of the molecule is Cl.Cn1cc(C(=O)N2CCCCC2CN)cn1. The average Bonchev–Trinajstić information content (AvgIpc) is 2.75. The summed E-state index contributed by atoms with van der Waals surface area (Å²) in [6.45, 7) is 1.36. The van der Waals surface area contributed by atoms with Crippen molar-refractivity contribution in [1.82, 2.24) is 14.7 Å². The van der Waals surface area contributed by atoms with Crippen LogP contribution >= 0.6 is 12.4 Å². The first-order valence-corrected chi connectivity index (χ1v) is 5.72. The monoisotopic (exact) mass is 258 g/mol. The van der Waals surface area contributed by atoms with Gasteiger partial charge in [0.2, 0.25) is 0 Å². The maximum Gasteiger partial charge on any atom is 0.257 e. The summed E-state index contributed by atoms with van der Waals surface area (Å²) in [6, 6.07) is 0.196. The Kier molecular flexibility index (Phi) is 4.96. The van der Waals surface area contributed by atoms with Gasteiger partial charge in [0.05, 0.1) is 11.8 Å². The Bertz CT molecular complexity index is 379. The van der Waals surface area contributed by atoms with Crippen LogP contribution in [0.4, 0.5) is 0 Å². The smallest absolute Gasteiger partial charge is 0.257 e. The Morgan fingerprint density at radius 2 is 2.35 bits per heavy atom. The molecule has 2 N–H and O–H groups in total. The number of amides is 1. The van der Waals surface area contributed by atoms with Crippen LogP contribution in [0.1, 0.15) is 29.6 Å².